The first-order valence-corrected chi connectivity index (χ1v) is 3.62. The van der Waals surface area contributed by atoms with Crippen molar-refractivity contribution in [3.8, 4) is 0 Å². The second kappa shape index (κ2) is 3.65. The van der Waals surface area contributed by atoms with Crippen molar-refractivity contribution in [3.63, 3.8) is 0 Å². The lowest BCUT2D eigenvalue weighted by molar-refractivity contribution is -0.175. The summed E-state index contributed by atoms with van der Waals surface area (Å²) >= 11 is 0. The summed E-state index contributed by atoms with van der Waals surface area (Å²) in [6.07, 6.45) is -1.82. The summed E-state index contributed by atoms with van der Waals surface area (Å²) in [5.74, 6) is -6.95. The summed E-state index contributed by atoms with van der Waals surface area (Å²) in [4.78, 5) is 13.3. The van der Waals surface area contributed by atoms with Gasteiger partial charge in [-0.05, 0) is 12.1 Å². The molecule has 0 bridgehead atoms. The molecule has 1 N–H and O–H groups in total. The predicted octanol–water partition coefficient (Wildman–Crippen LogP) is 1.81. The number of halogens is 3. The minimum Gasteiger partial charge on any atom is -0.477 e. The van der Waals surface area contributed by atoms with Gasteiger partial charge in [0.1, 0.15) is 0 Å². The van der Waals surface area contributed by atoms with E-state index in [1.54, 1.807) is 0 Å². The summed E-state index contributed by atoms with van der Waals surface area (Å²) in [5.41, 5.74) is -0.597. The van der Waals surface area contributed by atoms with Crippen LogP contribution in [-0.4, -0.2) is 22.0 Å². The van der Waals surface area contributed by atoms with Gasteiger partial charge in [-0.25, -0.2) is 9.18 Å². The molecule has 1 unspecified atom stereocenters. The predicted molar refractivity (Wildman–Crippen MR) is 40.7 cm³/mol. The second-order valence-corrected chi connectivity index (χ2v) is 2.55. The molecule has 0 saturated heterocycles. The fourth-order valence-electron chi connectivity index (χ4n) is 0.820. The third kappa shape index (κ3) is 1.84. The highest BCUT2D eigenvalue weighted by Crippen LogP contribution is 2.33. The van der Waals surface area contributed by atoms with Crippen LogP contribution in [0.4, 0.5) is 13.2 Å². The van der Waals surface area contributed by atoms with E-state index in [0.29, 0.717) is 0 Å². The quantitative estimate of drug-likeness (QED) is 0.818. The third-order valence-corrected chi connectivity index (χ3v) is 1.55. The average Bonchev–Trinajstić information content (AvgIpc) is 2.17. The fourth-order valence-corrected chi connectivity index (χ4v) is 0.820. The topological polar surface area (TPSA) is 50.2 Å². The van der Waals surface area contributed by atoms with Crippen LogP contribution in [0.25, 0.3) is 0 Å². The number of carboxylic acid groups (broad SMARTS) is 1. The molecule has 0 aliphatic heterocycles. The SMILES string of the molecule is O=C(O)C(F)(F)C(F)c1ccccn1. The Morgan fingerprint density at radius 2 is 2.14 bits per heavy atom. The number of rotatable bonds is 3. The molecule has 3 nitrogen and oxygen atoms in total. The summed E-state index contributed by atoms with van der Waals surface area (Å²) in [7, 11) is 0. The lowest BCUT2D eigenvalue weighted by Crippen LogP contribution is -2.33. The Morgan fingerprint density at radius 1 is 1.50 bits per heavy atom. The normalized spacial score (nSPS) is 13.6. The molecule has 0 aromatic carbocycles. The zero-order valence-electron chi connectivity index (χ0n) is 6.82. The van der Waals surface area contributed by atoms with Crippen molar-refractivity contribution < 1.29 is 23.1 Å². The van der Waals surface area contributed by atoms with Crippen LogP contribution in [0.2, 0.25) is 0 Å². The van der Waals surface area contributed by atoms with Gasteiger partial charge in [0.25, 0.3) is 0 Å². The van der Waals surface area contributed by atoms with E-state index in [2.05, 4.69) is 4.98 Å². The van der Waals surface area contributed by atoms with Crippen LogP contribution in [0, 0.1) is 0 Å². The van der Waals surface area contributed by atoms with E-state index in [-0.39, 0.29) is 0 Å². The molecule has 0 amide bonds. The fraction of sp³-hybridized carbons (Fsp3) is 0.250. The lowest BCUT2D eigenvalue weighted by Gasteiger charge is -2.15. The summed E-state index contributed by atoms with van der Waals surface area (Å²) in [5, 5.41) is 8.06. The number of pyridine rings is 1. The third-order valence-electron chi connectivity index (χ3n) is 1.55. The highest BCUT2D eigenvalue weighted by molar-refractivity contribution is 5.76. The van der Waals surface area contributed by atoms with E-state index in [1.807, 2.05) is 0 Å². The molecule has 1 rings (SSSR count). The monoisotopic (exact) mass is 205 g/mol. The standard InChI is InChI=1S/C8H6F3NO2/c9-6(8(10,11)7(13)14)5-3-1-2-4-12-5/h1-4,6H,(H,13,14). The van der Waals surface area contributed by atoms with Crippen LogP contribution in [0.5, 0.6) is 0 Å². The van der Waals surface area contributed by atoms with Gasteiger partial charge in [-0.3, -0.25) is 4.98 Å². The zero-order chi connectivity index (χ0) is 10.8. The van der Waals surface area contributed by atoms with E-state index in [4.69, 9.17) is 5.11 Å². The van der Waals surface area contributed by atoms with Gasteiger partial charge in [0, 0.05) is 6.20 Å². The smallest absolute Gasteiger partial charge is 0.378 e. The van der Waals surface area contributed by atoms with Gasteiger partial charge in [0.2, 0.25) is 6.17 Å². The maximum atomic E-state index is 13.0. The largest absolute Gasteiger partial charge is 0.477 e. The van der Waals surface area contributed by atoms with Crippen LogP contribution < -0.4 is 0 Å². The van der Waals surface area contributed by atoms with Crippen molar-refractivity contribution >= 4 is 5.97 Å². The van der Waals surface area contributed by atoms with Crippen LogP contribution in [0.3, 0.4) is 0 Å². The van der Waals surface area contributed by atoms with Crippen molar-refractivity contribution in [1.82, 2.24) is 4.98 Å². The summed E-state index contributed by atoms with van der Waals surface area (Å²) < 4.78 is 38.2. The van der Waals surface area contributed by atoms with Gasteiger partial charge in [-0.2, -0.15) is 8.78 Å². The number of aromatic nitrogens is 1. The van der Waals surface area contributed by atoms with Crippen LogP contribution in [-0.2, 0) is 4.79 Å². The molecule has 1 heterocycles. The minimum atomic E-state index is -4.45. The van der Waals surface area contributed by atoms with Gasteiger partial charge < -0.3 is 5.11 Å². The zero-order valence-corrected chi connectivity index (χ0v) is 6.82. The highest BCUT2D eigenvalue weighted by Gasteiger charge is 2.49. The molecular weight excluding hydrogens is 199 g/mol. The Hall–Kier alpha value is -1.59. The van der Waals surface area contributed by atoms with Crippen molar-refractivity contribution in [2.75, 3.05) is 0 Å². The molecule has 0 aliphatic carbocycles. The minimum absolute atomic E-state index is 0.597. The van der Waals surface area contributed by atoms with Crippen molar-refractivity contribution in [2.24, 2.45) is 0 Å². The number of hydrogen-bond donors (Lipinski definition) is 1. The first kappa shape index (κ1) is 10.5. The van der Waals surface area contributed by atoms with Crippen molar-refractivity contribution in [2.45, 2.75) is 12.1 Å². The number of carbonyl (C=O) groups is 1. The number of aliphatic carboxylic acids is 1. The van der Waals surface area contributed by atoms with Gasteiger partial charge in [0.05, 0.1) is 5.69 Å². The Balaban J connectivity index is 2.96. The van der Waals surface area contributed by atoms with Crippen LogP contribution in [0.1, 0.15) is 11.9 Å². The van der Waals surface area contributed by atoms with Crippen LogP contribution in [0.15, 0.2) is 24.4 Å². The van der Waals surface area contributed by atoms with Gasteiger partial charge in [-0.1, -0.05) is 6.07 Å². The van der Waals surface area contributed by atoms with Crippen LogP contribution >= 0.6 is 0 Å². The van der Waals surface area contributed by atoms with E-state index >= 15 is 0 Å². The first-order valence-electron chi connectivity index (χ1n) is 3.62. The van der Waals surface area contributed by atoms with Crippen molar-refractivity contribution in [3.05, 3.63) is 30.1 Å². The van der Waals surface area contributed by atoms with Gasteiger partial charge in [0.15, 0.2) is 0 Å². The second-order valence-electron chi connectivity index (χ2n) is 2.55. The maximum absolute atomic E-state index is 13.0. The Morgan fingerprint density at radius 3 is 2.57 bits per heavy atom. The van der Waals surface area contributed by atoms with E-state index in [1.165, 1.54) is 12.1 Å². The molecule has 14 heavy (non-hydrogen) atoms. The molecule has 1 atom stereocenters. The Kier molecular flexibility index (Phi) is 2.73. The first-order chi connectivity index (χ1) is 6.46. The molecule has 6 heteroatoms. The molecule has 1 aromatic rings. The molecule has 0 saturated carbocycles. The molecule has 76 valence electrons. The average molecular weight is 205 g/mol. The molecule has 0 fully saturated rings. The lowest BCUT2D eigenvalue weighted by atomic mass is 10.1. The molecule has 0 radical (unpaired) electrons. The van der Waals surface area contributed by atoms with E-state index in [0.717, 1.165) is 12.3 Å². The van der Waals surface area contributed by atoms with E-state index in [9.17, 15) is 18.0 Å². The number of nitrogens with zero attached hydrogens (tertiary/aromatic N) is 1. The van der Waals surface area contributed by atoms with Crippen molar-refractivity contribution in [1.29, 1.82) is 0 Å². The molecule has 0 aliphatic rings. The number of hydrogen-bond acceptors (Lipinski definition) is 2. The Bertz CT molecular complexity index is 329. The molecule has 0 spiro atoms. The summed E-state index contributed by atoms with van der Waals surface area (Å²) in [6, 6.07) is 3.71. The Labute approximate surface area is 77.2 Å². The molecule has 1 aromatic heterocycles. The number of carboxylic acids is 1. The van der Waals surface area contributed by atoms with Gasteiger partial charge in [-0.15, -0.1) is 0 Å². The van der Waals surface area contributed by atoms with E-state index < -0.39 is 23.8 Å². The highest BCUT2D eigenvalue weighted by atomic mass is 19.3. The number of alkyl halides is 3. The maximum Gasteiger partial charge on any atom is 0.378 e. The summed E-state index contributed by atoms with van der Waals surface area (Å²) in [6.45, 7) is 0. The molecular formula is C8H6F3NO2. The van der Waals surface area contributed by atoms with Gasteiger partial charge >= 0.3 is 11.9 Å².